The summed E-state index contributed by atoms with van der Waals surface area (Å²) >= 11 is 0. The first-order valence-electron chi connectivity index (χ1n) is 7.19. The summed E-state index contributed by atoms with van der Waals surface area (Å²) in [7, 11) is 0. The zero-order chi connectivity index (χ0) is 16.9. The molecule has 1 atom stereocenters. The Labute approximate surface area is 132 Å². The Kier molecular flexibility index (Phi) is 5.36. The molecule has 0 fully saturated rings. The average molecular weight is 322 g/mol. The minimum atomic E-state index is -4.39. The first kappa shape index (κ1) is 17.0. The summed E-state index contributed by atoms with van der Waals surface area (Å²) in [5.74, 6) is -0.241. The number of benzene rings is 1. The van der Waals surface area contributed by atoms with Crippen molar-refractivity contribution in [2.75, 3.05) is 0 Å². The molecule has 0 spiro atoms. The predicted octanol–water partition coefficient (Wildman–Crippen LogP) is 3.39. The van der Waals surface area contributed by atoms with Gasteiger partial charge >= 0.3 is 6.18 Å². The molecule has 0 aliphatic carbocycles. The van der Waals surface area contributed by atoms with Gasteiger partial charge in [0.1, 0.15) is 0 Å². The molecule has 1 aromatic heterocycles. The fraction of sp³-hybridized carbons (Fsp3) is 0.294. The van der Waals surface area contributed by atoms with E-state index in [2.05, 4.69) is 10.3 Å². The number of nitrogens with zero attached hydrogens (tertiary/aromatic N) is 1. The summed E-state index contributed by atoms with van der Waals surface area (Å²) in [6.07, 6.45) is -0.926. The lowest BCUT2D eigenvalue weighted by atomic mass is 10.0. The molecule has 1 aromatic carbocycles. The molecule has 1 heterocycles. The van der Waals surface area contributed by atoms with Crippen molar-refractivity contribution in [2.24, 2.45) is 0 Å². The molecular weight excluding hydrogens is 305 g/mol. The van der Waals surface area contributed by atoms with Crippen LogP contribution in [-0.2, 0) is 23.8 Å². The van der Waals surface area contributed by atoms with Gasteiger partial charge in [0.05, 0.1) is 12.0 Å². The van der Waals surface area contributed by atoms with Crippen molar-refractivity contribution in [1.82, 2.24) is 10.3 Å². The van der Waals surface area contributed by atoms with E-state index in [1.807, 2.05) is 0 Å². The van der Waals surface area contributed by atoms with Gasteiger partial charge in [-0.25, -0.2) is 0 Å². The van der Waals surface area contributed by atoms with Crippen molar-refractivity contribution in [3.8, 4) is 0 Å². The number of nitrogens with one attached hydrogen (secondary N) is 1. The fourth-order valence-electron chi connectivity index (χ4n) is 2.37. The van der Waals surface area contributed by atoms with Crippen LogP contribution in [0.3, 0.4) is 0 Å². The molecule has 1 N–H and O–H groups in total. The topological polar surface area (TPSA) is 42.0 Å². The van der Waals surface area contributed by atoms with Gasteiger partial charge < -0.3 is 5.32 Å². The third-order valence-electron chi connectivity index (χ3n) is 3.34. The summed E-state index contributed by atoms with van der Waals surface area (Å²) in [5.41, 5.74) is 0.274. The number of halogens is 3. The van der Waals surface area contributed by atoms with Crippen molar-refractivity contribution < 1.29 is 18.0 Å². The van der Waals surface area contributed by atoms with Gasteiger partial charge in [0.15, 0.2) is 0 Å². The van der Waals surface area contributed by atoms with Crippen LogP contribution < -0.4 is 5.32 Å². The van der Waals surface area contributed by atoms with Gasteiger partial charge in [-0.15, -0.1) is 0 Å². The van der Waals surface area contributed by atoms with E-state index < -0.39 is 17.8 Å². The normalized spacial score (nSPS) is 12.7. The maximum absolute atomic E-state index is 13.0. The summed E-state index contributed by atoms with van der Waals surface area (Å²) in [6.45, 7) is 1.69. The Balaban J connectivity index is 1.97. The lowest BCUT2D eigenvalue weighted by Crippen LogP contribution is -2.35. The van der Waals surface area contributed by atoms with Crippen molar-refractivity contribution in [3.63, 3.8) is 0 Å². The Hall–Kier alpha value is -2.37. The number of hydrogen-bond acceptors (Lipinski definition) is 2. The van der Waals surface area contributed by atoms with E-state index in [0.717, 1.165) is 11.6 Å². The third kappa shape index (κ3) is 5.09. The van der Waals surface area contributed by atoms with E-state index in [-0.39, 0.29) is 24.3 Å². The van der Waals surface area contributed by atoms with Crippen molar-refractivity contribution in [2.45, 2.75) is 32.0 Å². The molecule has 0 aliphatic rings. The average Bonchev–Trinajstić information content (AvgIpc) is 2.47. The number of amides is 1. The van der Waals surface area contributed by atoms with Crippen LogP contribution in [0.2, 0.25) is 0 Å². The summed E-state index contributed by atoms with van der Waals surface area (Å²) in [5, 5.41) is 2.72. The monoisotopic (exact) mass is 322 g/mol. The van der Waals surface area contributed by atoms with Crippen LogP contribution >= 0.6 is 0 Å². The van der Waals surface area contributed by atoms with Crippen molar-refractivity contribution >= 4 is 5.91 Å². The van der Waals surface area contributed by atoms with E-state index in [4.69, 9.17) is 0 Å². The van der Waals surface area contributed by atoms with E-state index in [0.29, 0.717) is 0 Å². The molecule has 0 saturated carbocycles. The number of aromatic nitrogens is 1. The minimum Gasteiger partial charge on any atom is -0.353 e. The summed E-state index contributed by atoms with van der Waals surface area (Å²) in [4.78, 5) is 15.9. The van der Waals surface area contributed by atoms with Crippen LogP contribution in [0.4, 0.5) is 13.2 Å². The van der Waals surface area contributed by atoms with E-state index in [1.54, 1.807) is 37.5 Å². The number of alkyl halides is 3. The quantitative estimate of drug-likeness (QED) is 0.917. The van der Waals surface area contributed by atoms with Crippen LogP contribution in [0.15, 0.2) is 48.8 Å². The second-order valence-corrected chi connectivity index (χ2v) is 5.37. The van der Waals surface area contributed by atoms with Gasteiger partial charge in [0.2, 0.25) is 5.91 Å². The number of carbonyl (C=O) groups excluding carboxylic acids is 1. The molecule has 1 amide bonds. The van der Waals surface area contributed by atoms with Gasteiger partial charge in [-0.1, -0.05) is 24.3 Å². The molecule has 0 bridgehead atoms. The van der Waals surface area contributed by atoms with Crippen molar-refractivity contribution in [3.05, 3.63) is 65.5 Å². The molecule has 0 radical (unpaired) electrons. The molecule has 6 heteroatoms. The Morgan fingerprint density at radius 1 is 1.22 bits per heavy atom. The summed E-state index contributed by atoms with van der Waals surface area (Å²) in [6, 6.07) is 8.52. The second kappa shape index (κ2) is 7.26. The summed E-state index contributed by atoms with van der Waals surface area (Å²) < 4.78 is 38.9. The van der Waals surface area contributed by atoms with Gasteiger partial charge in [-0.3, -0.25) is 9.78 Å². The third-order valence-corrected chi connectivity index (χ3v) is 3.34. The SMILES string of the molecule is CC(Cc1ccccc1C(F)(F)F)NC(=O)Cc1cccnc1. The highest BCUT2D eigenvalue weighted by Gasteiger charge is 2.33. The highest BCUT2D eigenvalue weighted by atomic mass is 19.4. The number of rotatable bonds is 5. The van der Waals surface area contributed by atoms with Crippen LogP contribution in [0.25, 0.3) is 0 Å². The number of carbonyl (C=O) groups is 1. The first-order valence-corrected chi connectivity index (χ1v) is 7.19. The van der Waals surface area contributed by atoms with E-state index in [9.17, 15) is 18.0 Å². The maximum Gasteiger partial charge on any atom is 0.416 e. The predicted molar refractivity (Wildman–Crippen MR) is 80.7 cm³/mol. The van der Waals surface area contributed by atoms with E-state index in [1.165, 1.54) is 12.1 Å². The van der Waals surface area contributed by atoms with Crippen LogP contribution in [0, 0.1) is 0 Å². The van der Waals surface area contributed by atoms with Gasteiger partial charge in [0.25, 0.3) is 0 Å². The number of hydrogen-bond donors (Lipinski definition) is 1. The zero-order valence-corrected chi connectivity index (χ0v) is 12.6. The molecule has 2 aromatic rings. The zero-order valence-electron chi connectivity index (χ0n) is 12.6. The molecular formula is C17H17F3N2O. The van der Waals surface area contributed by atoms with Crippen molar-refractivity contribution in [1.29, 1.82) is 0 Å². The lowest BCUT2D eigenvalue weighted by Gasteiger charge is -2.17. The molecule has 122 valence electrons. The Morgan fingerprint density at radius 2 is 1.96 bits per heavy atom. The molecule has 3 nitrogen and oxygen atoms in total. The van der Waals surface area contributed by atoms with Crippen LogP contribution in [-0.4, -0.2) is 16.9 Å². The molecule has 0 aliphatic heterocycles. The van der Waals surface area contributed by atoms with E-state index >= 15 is 0 Å². The largest absolute Gasteiger partial charge is 0.416 e. The Morgan fingerprint density at radius 3 is 2.61 bits per heavy atom. The first-order chi connectivity index (χ1) is 10.9. The van der Waals surface area contributed by atoms with Gasteiger partial charge in [-0.05, 0) is 36.6 Å². The highest BCUT2D eigenvalue weighted by molar-refractivity contribution is 5.78. The lowest BCUT2D eigenvalue weighted by molar-refractivity contribution is -0.138. The molecule has 1 unspecified atom stereocenters. The fourth-order valence-corrected chi connectivity index (χ4v) is 2.37. The molecule has 2 rings (SSSR count). The smallest absolute Gasteiger partial charge is 0.353 e. The molecule has 0 saturated heterocycles. The Bertz CT molecular complexity index is 656. The van der Waals surface area contributed by atoms with Crippen LogP contribution in [0.1, 0.15) is 23.6 Å². The van der Waals surface area contributed by atoms with Gasteiger partial charge in [-0.2, -0.15) is 13.2 Å². The van der Waals surface area contributed by atoms with Gasteiger partial charge in [0, 0.05) is 18.4 Å². The van der Waals surface area contributed by atoms with Crippen LogP contribution in [0.5, 0.6) is 0 Å². The minimum absolute atomic E-state index is 0.120. The number of pyridine rings is 1. The maximum atomic E-state index is 13.0. The standard InChI is InChI=1S/C17H17F3N2O/c1-12(22-16(23)10-13-5-4-8-21-11-13)9-14-6-2-3-7-15(14)17(18,19)20/h2-8,11-12H,9-10H2,1H3,(H,22,23). The second-order valence-electron chi connectivity index (χ2n) is 5.37. The highest BCUT2D eigenvalue weighted by Crippen LogP contribution is 2.32. The molecule has 23 heavy (non-hydrogen) atoms.